The molecule has 0 aliphatic carbocycles. The second-order valence-electron chi connectivity index (χ2n) is 14.1. The summed E-state index contributed by atoms with van der Waals surface area (Å²) in [5, 5.41) is 27.8. The smallest absolute Gasteiger partial charge is 0.294 e. The van der Waals surface area contributed by atoms with E-state index in [-0.39, 0.29) is 32.5 Å². The molecule has 0 saturated carbocycles. The van der Waals surface area contributed by atoms with Crippen molar-refractivity contribution in [3.63, 3.8) is 0 Å². The van der Waals surface area contributed by atoms with Gasteiger partial charge in [-0.05, 0) is 137 Å². The van der Waals surface area contributed by atoms with E-state index >= 15 is 0 Å². The molecule has 0 saturated heterocycles. The number of carbonyl (C=O) groups is 6. The van der Waals surface area contributed by atoms with E-state index in [1.165, 1.54) is 50.2 Å². The van der Waals surface area contributed by atoms with Gasteiger partial charge in [0, 0.05) is 43.9 Å². The predicted octanol–water partition coefficient (Wildman–Crippen LogP) is 11.4. The Kier molecular flexibility index (Phi) is 15.5. The number of ketones is 2. The lowest BCUT2D eigenvalue weighted by Gasteiger charge is -2.20. The minimum absolute atomic E-state index is 0.0124. The highest BCUT2D eigenvalue weighted by atomic mass is 35.5. The fourth-order valence-electron chi connectivity index (χ4n) is 5.74. The SMILES string of the molecule is CC(=O)C(Nc1cc(C)c(NC(C(C)=O)C(=O)N=Nc2cc(C(=O)Nc3cc(Cl)ccc3C)ccc2Cl)cc1C)C(=O)N=Nc1cc(C(=O)Nc2cc(Cl)ccc2C)ccc1Cl. The third kappa shape index (κ3) is 11.9. The molecule has 2 atom stereocenters. The zero-order valence-corrected chi connectivity index (χ0v) is 37.0. The van der Waals surface area contributed by atoms with Crippen molar-refractivity contribution < 1.29 is 28.8 Å². The first kappa shape index (κ1) is 46.7. The minimum atomic E-state index is -1.46. The van der Waals surface area contributed by atoms with E-state index in [0.717, 1.165) is 11.1 Å². The van der Waals surface area contributed by atoms with Crippen LogP contribution in [-0.4, -0.2) is 47.3 Å². The normalized spacial score (nSPS) is 12.2. The molecule has 5 aromatic carbocycles. The molecule has 5 aromatic rings. The number of nitrogens with zero attached hydrogens (tertiary/aromatic N) is 4. The summed E-state index contributed by atoms with van der Waals surface area (Å²) >= 11 is 24.8. The van der Waals surface area contributed by atoms with Gasteiger partial charge in [0.1, 0.15) is 11.4 Å². The van der Waals surface area contributed by atoms with Gasteiger partial charge in [0.05, 0.1) is 10.0 Å². The highest BCUT2D eigenvalue weighted by Gasteiger charge is 2.27. The van der Waals surface area contributed by atoms with E-state index in [1.807, 2.05) is 13.8 Å². The maximum absolute atomic E-state index is 13.3. The Bertz CT molecular complexity index is 2520. The van der Waals surface area contributed by atoms with Crippen LogP contribution in [0.2, 0.25) is 20.1 Å². The lowest BCUT2D eigenvalue weighted by atomic mass is 10.0. The highest BCUT2D eigenvalue weighted by molar-refractivity contribution is 6.34. The minimum Gasteiger partial charge on any atom is -0.367 e. The van der Waals surface area contributed by atoms with Gasteiger partial charge in [0.15, 0.2) is 23.7 Å². The van der Waals surface area contributed by atoms with Crippen molar-refractivity contribution in [1.29, 1.82) is 0 Å². The number of rotatable bonds is 14. The summed E-state index contributed by atoms with van der Waals surface area (Å²) in [7, 11) is 0. The van der Waals surface area contributed by atoms with Gasteiger partial charge in [0.25, 0.3) is 23.6 Å². The Balaban J connectivity index is 1.28. The number of carbonyl (C=O) groups excluding carboxylic acids is 6. The molecular formula is C44H38Cl4N8O6. The Hall–Kier alpha value is -6.32. The summed E-state index contributed by atoms with van der Waals surface area (Å²) < 4.78 is 0. The predicted molar refractivity (Wildman–Crippen MR) is 242 cm³/mol. The van der Waals surface area contributed by atoms with E-state index < -0.39 is 47.3 Å². The molecule has 318 valence electrons. The van der Waals surface area contributed by atoms with Crippen LogP contribution in [-0.2, 0) is 19.2 Å². The average molecular weight is 917 g/mol. The maximum atomic E-state index is 13.3. The summed E-state index contributed by atoms with van der Waals surface area (Å²) in [5.41, 5.74) is 4.77. The highest BCUT2D eigenvalue weighted by Crippen LogP contribution is 2.31. The van der Waals surface area contributed by atoms with Gasteiger partial charge in [-0.15, -0.1) is 20.5 Å². The molecule has 0 aliphatic rings. The van der Waals surface area contributed by atoms with Gasteiger partial charge in [-0.2, -0.15) is 0 Å². The Morgan fingerprint density at radius 3 is 1.19 bits per heavy atom. The Morgan fingerprint density at radius 1 is 0.468 bits per heavy atom. The number of anilines is 4. The third-order valence-electron chi connectivity index (χ3n) is 9.30. The van der Waals surface area contributed by atoms with Crippen molar-refractivity contribution in [1.82, 2.24) is 0 Å². The molecular weight excluding hydrogens is 878 g/mol. The fourth-order valence-corrected chi connectivity index (χ4v) is 6.40. The van der Waals surface area contributed by atoms with Gasteiger partial charge in [-0.1, -0.05) is 58.5 Å². The second-order valence-corrected chi connectivity index (χ2v) is 15.8. The van der Waals surface area contributed by atoms with E-state index in [1.54, 1.807) is 62.4 Å². The number of amides is 4. The largest absolute Gasteiger partial charge is 0.367 e. The van der Waals surface area contributed by atoms with Gasteiger partial charge in [0.2, 0.25) is 0 Å². The van der Waals surface area contributed by atoms with Crippen molar-refractivity contribution in [3.8, 4) is 0 Å². The van der Waals surface area contributed by atoms with Crippen molar-refractivity contribution in [2.45, 2.75) is 53.6 Å². The van der Waals surface area contributed by atoms with Gasteiger partial charge < -0.3 is 21.3 Å². The van der Waals surface area contributed by atoms with E-state index in [4.69, 9.17) is 46.4 Å². The third-order valence-corrected chi connectivity index (χ3v) is 10.4. The summed E-state index contributed by atoms with van der Waals surface area (Å²) in [4.78, 5) is 78.0. The van der Waals surface area contributed by atoms with E-state index in [9.17, 15) is 28.8 Å². The number of Topliss-reactive ketones (excluding diaryl/α,β-unsaturated/α-hetero) is 2. The van der Waals surface area contributed by atoms with Crippen LogP contribution in [0.1, 0.15) is 56.8 Å². The molecule has 18 heteroatoms. The van der Waals surface area contributed by atoms with Gasteiger partial charge in [-0.3, -0.25) is 28.8 Å². The lowest BCUT2D eigenvalue weighted by molar-refractivity contribution is -0.128. The van der Waals surface area contributed by atoms with Crippen LogP contribution in [0.3, 0.4) is 0 Å². The molecule has 0 radical (unpaired) electrons. The number of hydrogen-bond acceptors (Lipinski definition) is 10. The van der Waals surface area contributed by atoms with Crippen LogP contribution in [0.15, 0.2) is 105 Å². The molecule has 2 unspecified atom stereocenters. The van der Waals surface area contributed by atoms with Crippen LogP contribution < -0.4 is 21.3 Å². The summed E-state index contributed by atoms with van der Waals surface area (Å²) in [5.74, 6) is -3.98. The van der Waals surface area contributed by atoms with E-state index in [0.29, 0.717) is 43.9 Å². The van der Waals surface area contributed by atoms with Crippen molar-refractivity contribution in [2.75, 3.05) is 21.3 Å². The standard InChI is InChI=1S/C44H38Cl4N8O6/c1-21-7-11-29(45)19-35(21)51-41(59)27-9-13-31(47)37(17-27)53-55-43(61)39(25(5)57)49-33-15-24(4)34(16-23(33)3)50-40(26(6)58)44(62)56-54-38-18-28(10-14-32(38)48)42(60)52-36-20-30(46)12-8-22(36)2/h7-20,39-40,49-50H,1-6H3,(H,51,59)(H,52,60). The van der Waals surface area contributed by atoms with Gasteiger partial charge >= 0.3 is 0 Å². The number of benzene rings is 5. The molecule has 0 spiro atoms. The fraction of sp³-hybridized carbons (Fsp3) is 0.182. The van der Waals surface area contributed by atoms with Crippen LogP contribution in [0, 0.1) is 27.7 Å². The quantitative estimate of drug-likeness (QED) is 0.0622. The Labute approximate surface area is 376 Å². The Morgan fingerprint density at radius 2 is 0.839 bits per heavy atom. The van der Waals surface area contributed by atoms with Gasteiger partial charge in [-0.25, -0.2) is 0 Å². The van der Waals surface area contributed by atoms with Crippen LogP contribution >= 0.6 is 46.4 Å². The molecule has 0 aromatic heterocycles. The first-order valence-corrected chi connectivity index (χ1v) is 20.1. The molecule has 0 fully saturated rings. The lowest BCUT2D eigenvalue weighted by Crippen LogP contribution is -2.36. The number of hydrogen-bond donors (Lipinski definition) is 4. The maximum Gasteiger partial charge on any atom is 0.294 e. The van der Waals surface area contributed by atoms with Crippen LogP contribution in [0.4, 0.5) is 34.1 Å². The number of aryl methyl sites for hydroxylation is 4. The molecule has 4 amide bonds. The molecule has 4 N–H and O–H groups in total. The first-order valence-electron chi connectivity index (χ1n) is 18.6. The summed E-state index contributed by atoms with van der Waals surface area (Å²) in [6.45, 7) is 9.39. The molecule has 0 heterocycles. The van der Waals surface area contributed by atoms with E-state index in [2.05, 4.69) is 41.7 Å². The topological polar surface area (TPSA) is 200 Å². The zero-order chi connectivity index (χ0) is 45.4. The van der Waals surface area contributed by atoms with Crippen molar-refractivity contribution in [3.05, 3.63) is 138 Å². The average Bonchev–Trinajstić information content (AvgIpc) is 3.21. The second kappa shape index (κ2) is 20.5. The molecule has 5 rings (SSSR count). The number of azo groups is 2. The summed E-state index contributed by atoms with van der Waals surface area (Å²) in [6, 6.07) is 19.0. The number of halogens is 4. The van der Waals surface area contributed by atoms with Crippen LogP contribution in [0.25, 0.3) is 0 Å². The molecule has 62 heavy (non-hydrogen) atoms. The van der Waals surface area contributed by atoms with Crippen molar-refractivity contribution in [2.24, 2.45) is 20.5 Å². The molecule has 0 aliphatic heterocycles. The van der Waals surface area contributed by atoms with Crippen molar-refractivity contribution >= 4 is 116 Å². The zero-order valence-electron chi connectivity index (χ0n) is 34.0. The number of nitrogens with one attached hydrogen (secondary N) is 4. The molecule has 0 bridgehead atoms. The summed E-state index contributed by atoms with van der Waals surface area (Å²) in [6.07, 6.45) is 0. The molecule has 14 nitrogen and oxygen atoms in total. The first-order chi connectivity index (χ1) is 29.3. The monoisotopic (exact) mass is 914 g/mol. The van der Waals surface area contributed by atoms with Crippen LogP contribution in [0.5, 0.6) is 0 Å².